The summed E-state index contributed by atoms with van der Waals surface area (Å²) >= 11 is 3.35. The minimum absolute atomic E-state index is 0.0966. The van der Waals surface area contributed by atoms with Gasteiger partial charge in [0.25, 0.3) is 0 Å². The van der Waals surface area contributed by atoms with Crippen molar-refractivity contribution in [3.63, 3.8) is 0 Å². The van der Waals surface area contributed by atoms with Crippen molar-refractivity contribution in [3.05, 3.63) is 29.8 Å². The van der Waals surface area contributed by atoms with E-state index in [4.69, 9.17) is 0 Å². The number of sulfonamides is 1. The lowest BCUT2D eigenvalue weighted by molar-refractivity contribution is 0.484. The van der Waals surface area contributed by atoms with Crippen LogP contribution in [0.3, 0.4) is 0 Å². The van der Waals surface area contributed by atoms with Crippen LogP contribution >= 0.6 is 15.9 Å². The molecular formula is C12H18BrNO2S. The molecule has 0 amide bonds. The van der Waals surface area contributed by atoms with E-state index in [2.05, 4.69) is 20.7 Å². The van der Waals surface area contributed by atoms with Gasteiger partial charge in [0.05, 0.1) is 4.90 Å². The highest BCUT2D eigenvalue weighted by Crippen LogP contribution is 2.13. The van der Waals surface area contributed by atoms with Gasteiger partial charge in [0.15, 0.2) is 0 Å². The molecule has 0 aliphatic rings. The molecule has 3 nitrogen and oxygen atoms in total. The van der Waals surface area contributed by atoms with Gasteiger partial charge < -0.3 is 0 Å². The molecule has 2 unspecified atom stereocenters. The second-order valence-electron chi connectivity index (χ2n) is 4.35. The van der Waals surface area contributed by atoms with Gasteiger partial charge in [0, 0.05) is 11.4 Å². The predicted octanol–water partition coefficient (Wildman–Crippen LogP) is 2.69. The van der Waals surface area contributed by atoms with Gasteiger partial charge in [-0.25, -0.2) is 13.1 Å². The van der Waals surface area contributed by atoms with Crippen molar-refractivity contribution >= 4 is 26.0 Å². The summed E-state index contributed by atoms with van der Waals surface area (Å²) in [5, 5.41) is 0.768. The first-order valence-electron chi connectivity index (χ1n) is 5.52. The number of hydrogen-bond acceptors (Lipinski definition) is 2. The first-order chi connectivity index (χ1) is 7.86. The Labute approximate surface area is 112 Å². The summed E-state index contributed by atoms with van der Waals surface area (Å²) in [7, 11) is -3.40. The fourth-order valence-corrected chi connectivity index (χ4v) is 3.19. The summed E-state index contributed by atoms with van der Waals surface area (Å²) in [5.41, 5.74) is 1.05. The Morgan fingerprint density at radius 2 is 1.76 bits per heavy atom. The van der Waals surface area contributed by atoms with E-state index >= 15 is 0 Å². The Morgan fingerprint density at radius 3 is 2.24 bits per heavy atom. The summed E-state index contributed by atoms with van der Waals surface area (Å²) in [6, 6.07) is 6.76. The molecule has 0 aliphatic heterocycles. The maximum Gasteiger partial charge on any atom is 0.240 e. The number of halogens is 1. The quantitative estimate of drug-likeness (QED) is 0.848. The van der Waals surface area contributed by atoms with Crippen LogP contribution in [0, 0.1) is 12.8 Å². The van der Waals surface area contributed by atoms with E-state index in [1.165, 1.54) is 0 Å². The van der Waals surface area contributed by atoms with Gasteiger partial charge in [-0.2, -0.15) is 0 Å². The van der Waals surface area contributed by atoms with Crippen molar-refractivity contribution in [1.29, 1.82) is 0 Å². The normalized spacial score (nSPS) is 15.5. The largest absolute Gasteiger partial charge is 0.240 e. The molecule has 17 heavy (non-hydrogen) atoms. The maximum atomic E-state index is 12.0. The average Bonchev–Trinajstić information content (AvgIpc) is 2.27. The first-order valence-corrected chi connectivity index (χ1v) is 8.12. The standard InChI is InChI=1S/C12H18BrNO2S/c1-9-4-6-12(7-5-9)17(15,16)14-11(3)10(2)8-13/h4-7,10-11,14H,8H2,1-3H3. The summed E-state index contributed by atoms with van der Waals surface area (Å²) in [4.78, 5) is 0.316. The number of rotatable bonds is 5. The molecule has 1 N–H and O–H groups in total. The van der Waals surface area contributed by atoms with Crippen LogP contribution in [0.4, 0.5) is 0 Å². The number of nitrogens with one attached hydrogen (secondary N) is 1. The van der Waals surface area contributed by atoms with E-state index in [-0.39, 0.29) is 12.0 Å². The van der Waals surface area contributed by atoms with E-state index in [0.29, 0.717) is 4.90 Å². The summed E-state index contributed by atoms with van der Waals surface area (Å²) in [5.74, 6) is 0.246. The molecule has 0 spiro atoms. The van der Waals surface area contributed by atoms with Crippen LogP contribution in [0.15, 0.2) is 29.2 Å². The highest BCUT2D eigenvalue weighted by atomic mass is 79.9. The van der Waals surface area contributed by atoms with Crippen molar-refractivity contribution < 1.29 is 8.42 Å². The number of aryl methyl sites for hydroxylation is 1. The molecule has 0 aliphatic carbocycles. The lowest BCUT2D eigenvalue weighted by Crippen LogP contribution is -2.37. The van der Waals surface area contributed by atoms with Crippen LogP contribution < -0.4 is 4.72 Å². The van der Waals surface area contributed by atoms with Crippen LogP contribution in [0.2, 0.25) is 0 Å². The van der Waals surface area contributed by atoms with Crippen LogP contribution in [0.5, 0.6) is 0 Å². The molecule has 0 fully saturated rings. The predicted molar refractivity (Wildman–Crippen MR) is 73.9 cm³/mol. The average molecular weight is 320 g/mol. The third-order valence-corrected chi connectivity index (χ3v) is 5.37. The molecule has 0 saturated heterocycles. The third-order valence-electron chi connectivity index (χ3n) is 2.77. The lowest BCUT2D eigenvalue weighted by Gasteiger charge is -2.19. The zero-order valence-electron chi connectivity index (χ0n) is 10.3. The Bertz CT molecular complexity index is 456. The Balaban J connectivity index is 2.85. The zero-order chi connectivity index (χ0) is 13.1. The van der Waals surface area contributed by atoms with Crippen molar-refractivity contribution in [2.75, 3.05) is 5.33 Å². The van der Waals surface area contributed by atoms with Gasteiger partial charge in [0.2, 0.25) is 10.0 Å². The highest BCUT2D eigenvalue weighted by Gasteiger charge is 2.20. The zero-order valence-corrected chi connectivity index (χ0v) is 12.7. The van der Waals surface area contributed by atoms with Crippen LogP contribution in [-0.4, -0.2) is 19.8 Å². The number of benzene rings is 1. The summed E-state index contributed by atoms with van der Waals surface area (Å²) in [6.45, 7) is 5.80. The lowest BCUT2D eigenvalue weighted by atomic mass is 10.1. The molecule has 96 valence electrons. The van der Waals surface area contributed by atoms with E-state index in [1.54, 1.807) is 24.3 Å². The topological polar surface area (TPSA) is 46.2 Å². The third kappa shape index (κ3) is 4.08. The fourth-order valence-electron chi connectivity index (χ4n) is 1.28. The monoisotopic (exact) mass is 319 g/mol. The second-order valence-corrected chi connectivity index (χ2v) is 6.72. The second kappa shape index (κ2) is 5.98. The van der Waals surface area contributed by atoms with E-state index < -0.39 is 10.0 Å². The molecule has 1 aromatic rings. The smallest absolute Gasteiger partial charge is 0.208 e. The van der Waals surface area contributed by atoms with Gasteiger partial charge in [-0.15, -0.1) is 0 Å². The molecule has 0 saturated carbocycles. The van der Waals surface area contributed by atoms with Gasteiger partial charge in [-0.3, -0.25) is 0 Å². The van der Waals surface area contributed by atoms with Crippen molar-refractivity contribution in [2.45, 2.75) is 31.7 Å². The molecule has 2 atom stereocenters. The van der Waals surface area contributed by atoms with E-state index in [9.17, 15) is 8.42 Å². The summed E-state index contributed by atoms with van der Waals surface area (Å²) in [6.07, 6.45) is 0. The molecule has 0 radical (unpaired) electrons. The van der Waals surface area contributed by atoms with Gasteiger partial charge in [-0.1, -0.05) is 40.5 Å². The van der Waals surface area contributed by atoms with Crippen LogP contribution in [-0.2, 0) is 10.0 Å². The molecule has 1 rings (SSSR count). The Morgan fingerprint density at radius 1 is 1.24 bits per heavy atom. The Kier molecular flexibility index (Phi) is 5.16. The maximum absolute atomic E-state index is 12.0. The number of hydrogen-bond donors (Lipinski definition) is 1. The van der Waals surface area contributed by atoms with Gasteiger partial charge in [-0.05, 0) is 31.9 Å². The van der Waals surface area contributed by atoms with Crippen LogP contribution in [0.25, 0.3) is 0 Å². The fraction of sp³-hybridized carbons (Fsp3) is 0.500. The number of alkyl halides is 1. The summed E-state index contributed by atoms with van der Waals surface area (Å²) < 4.78 is 26.8. The minimum atomic E-state index is -3.40. The molecule has 0 aromatic heterocycles. The van der Waals surface area contributed by atoms with Gasteiger partial charge >= 0.3 is 0 Å². The van der Waals surface area contributed by atoms with Gasteiger partial charge in [0.1, 0.15) is 0 Å². The van der Waals surface area contributed by atoms with Crippen molar-refractivity contribution in [3.8, 4) is 0 Å². The van der Waals surface area contributed by atoms with E-state index in [0.717, 1.165) is 10.9 Å². The molecule has 0 bridgehead atoms. The van der Waals surface area contributed by atoms with Crippen LogP contribution in [0.1, 0.15) is 19.4 Å². The highest BCUT2D eigenvalue weighted by molar-refractivity contribution is 9.09. The van der Waals surface area contributed by atoms with Crippen molar-refractivity contribution in [1.82, 2.24) is 4.72 Å². The molecule has 5 heteroatoms. The minimum Gasteiger partial charge on any atom is -0.208 e. The Hall–Kier alpha value is -0.390. The molecule has 0 heterocycles. The molecule has 1 aromatic carbocycles. The van der Waals surface area contributed by atoms with E-state index in [1.807, 2.05) is 20.8 Å². The molecular weight excluding hydrogens is 302 g/mol. The SMILES string of the molecule is Cc1ccc(S(=O)(=O)NC(C)C(C)CBr)cc1. The first kappa shape index (κ1) is 14.7. The van der Waals surface area contributed by atoms with Crippen molar-refractivity contribution in [2.24, 2.45) is 5.92 Å².